The summed E-state index contributed by atoms with van der Waals surface area (Å²) >= 11 is 0. The number of carbonyl (C=O) groups excluding carboxylic acids is 3. The van der Waals surface area contributed by atoms with Crippen LogP contribution in [0.2, 0.25) is 0 Å². The van der Waals surface area contributed by atoms with E-state index in [-0.39, 0.29) is 38.0 Å². The van der Waals surface area contributed by atoms with Crippen LogP contribution < -0.4 is 22.1 Å². The van der Waals surface area contributed by atoms with Crippen molar-refractivity contribution in [3.63, 3.8) is 0 Å². The first-order valence-corrected chi connectivity index (χ1v) is 10.3. The van der Waals surface area contributed by atoms with Gasteiger partial charge in [-0.3, -0.25) is 9.59 Å². The van der Waals surface area contributed by atoms with Crippen molar-refractivity contribution in [2.75, 3.05) is 37.6 Å². The molecule has 9 heteroatoms. The zero-order valence-electron chi connectivity index (χ0n) is 18.7. The molecular formula is C23H31N5O4. The van der Waals surface area contributed by atoms with Crippen molar-refractivity contribution in [2.45, 2.75) is 26.4 Å². The Labute approximate surface area is 188 Å². The molecule has 0 aliphatic rings. The number of carbonyl (C=O) groups is 3. The third kappa shape index (κ3) is 8.17. The maximum Gasteiger partial charge on any atom is 0.410 e. The quantitative estimate of drug-likeness (QED) is 0.463. The molecule has 0 aliphatic heterocycles. The fourth-order valence-electron chi connectivity index (χ4n) is 2.70. The number of rotatable bonds is 8. The lowest BCUT2D eigenvalue weighted by molar-refractivity contribution is 0.0251. The Morgan fingerprint density at radius 2 is 1.16 bits per heavy atom. The number of anilines is 2. The van der Waals surface area contributed by atoms with Gasteiger partial charge in [0.1, 0.15) is 5.60 Å². The van der Waals surface area contributed by atoms with Crippen molar-refractivity contribution in [3.05, 3.63) is 59.7 Å². The van der Waals surface area contributed by atoms with E-state index in [2.05, 4.69) is 10.6 Å². The molecule has 2 aromatic carbocycles. The van der Waals surface area contributed by atoms with Crippen molar-refractivity contribution in [3.8, 4) is 0 Å². The third-order valence-corrected chi connectivity index (χ3v) is 4.33. The van der Waals surface area contributed by atoms with Gasteiger partial charge in [0.15, 0.2) is 0 Å². The number of nitrogens with zero attached hydrogens (tertiary/aromatic N) is 1. The minimum absolute atomic E-state index is 0.216. The van der Waals surface area contributed by atoms with Crippen LogP contribution in [0, 0.1) is 0 Å². The number of amides is 3. The minimum atomic E-state index is -0.671. The molecule has 0 bridgehead atoms. The molecule has 0 aliphatic carbocycles. The summed E-state index contributed by atoms with van der Waals surface area (Å²) in [5.74, 6) is -0.545. The van der Waals surface area contributed by atoms with E-state index in [1.165, 1.54) is 4.90 Å². The van der Waals surface area contributed by atoms with Crippen molar-refractivity contribution in [1.82, 2.24) is 15.5 Å². The first-order valence-electron chi connectivity index (χ1n) is 10.3. The molecule has 6 N–H and O–H groups in total. The number of benzene rings is 2. The Morgan fingerprint density at radius 1 is 0.781 bits per heavy atom. The Morgan fingerprint density at radius 3 is 1.50 bits per heavy atom. The van der Waals surface area contributed by atoms with E-state index in [0.717, 1.165) is 0 Å². The van der Waals surface area contributed by atoms with Crippen molar-refractivity contribution in [1.29, 1.82) is 0 Å². The Kier molecular flexibility index (Phi) is 8.46. The molecule has 0 atom stereocenters. The smallest absolute Gasteiger partial charge is 0.410 e. The van der Waals surface area contributed by atoms with E-state index < -0.39 is 11.7 Å². The van der Waals surface area contributed by atoms with Crippen LogP contribution in [0.5, 0.6) is 0 Å². The highest BCUT2D eigenvalue weighted by Gasteiger charge is 2.22. The average Bonchev–Trinajstić information content (AvgIpc) is 2.72. The third-order valence-electron chi connectivity index (χ3n) is 4.33. The highest BCUT2D eigenvalue weighted by molar-refractivity contribution is 5.95. The van der Waals surface area contributed by atoms with Gasteiger partial charge >= 0.3 is 6.09 Å². The van der Waals surface area contributed by atoms with Crippen LogP contribution in [-0.2, 0) is 4.74 Å². The highest BCUT2D eigenvalue weighted by atomic mass is 16.6. The zero-order chi connectivity index (χ0) is 23.7. The molecule has 32 heavy (non-hydrogen) atoms. The topological polar surface area (TPSA) is 140 Å². The van der Waals surface area contributed by atoms with Gasteiger partial charge in [0.2, 0.25) is 0 Å². The van der Waals surface area contributed by atoms with E-state index in [4.69, 9.17) is 16.2 Å². The van der Waals surface area contributed by atoms with Crippen LogP contribution >= 0.6 is 0 Å². The Balaban J connectivity index is 1.90. The van der Waals surface area contributed by atoms with E-state index in [9.17, 15) is 14.4 Å². The fourth-order valence-corrected chi connectivity index (χ4v) is 2.70. The van der Waals surface area contributed by atoms with Gasteiger partial charge in [-0.1, -0.05) is 0 Å². The Hall–Kier alpha value is -3.75. The average molecular weight is 442 g/mol. The lowest BCUT2D eigenvalue weighted by Crippen LogP contribution is -2.44. The monoisotopic (exact) mass is 441 g/mol. The molecule has 172 valence electrons. The Bertz CT molecular complexity index is 857. The van der Waals surface area contributed by atoms with Crippen LogP contribution in [0.3, 0.4) is 0 Å². The summed E-state index contributed by atoms with van der Waals surface area (Å²) in [6.45, 7) is 6.18. The summed E-state index contributed by atoms with van der Waals surface area (Å²) in [4.78, 5) is 38.6. The van der Waals surface area contributed by atoms with Gasteiger partial charge in [0.25, 0.3) is 11.8 Å². The molecule has 3 amide bonds. The molecule has 0 spiro atoms. The number of nitrogen functional groups attached to an aromatic ring is 2. The SMILES string of the molecule is CC(C)(C)OC(=O)N(CCNC(=O)c1ccc(N)cc1)CCNC(=O)c1ccc(N)cc1. The molecule has 2 aromatic rings. The number of nitrogens with one attached hydrogen (secondary N) is 2. The first kappa shape index (κ1) is 24.5. The molecule has 0 aromatic heterocycles. The second-order valence-electron chi connectivity index (χ2n) is 8.22. The summed E-state index contributed by atoms with van der Waals surface area (Å²) in [5.41, 5.74) is 12.7. The predicted octanol–water partition coefficient (Wildman–Crippen LogP) is 2.25. The molecule has 0 heterocycles. The molecule has 9 nitrogen and oxygen atoms in total. The number of ether oxygens (including phenoxy) is 1. The second kappa shape index (κ2) is 11.0. The van der Waals surface area contributed by atoms with Crippen LogP contribution in [0.25, 0.3) is 0 Å². The van der Waals surface area contributed by atoms with E-state index in [1.54, 1.807) is 69.3 Å². The van der Waals surface area contributed by atoms with Gasteiger partial charge in [-0.2, -0.15) is 0 Å². The zero-order valence-corrected chi connectivity index (χ0v) is 18.7. The van der Waals surface area contributed by atoms with Crippen molar-refractivity contribution < 1.29 is 19.1 Å². The van der Waals surface area contributed by atoms with Crippen molar-refractivity contribution in [2.24, 2.45) is 0 Å². The fraction of sp³-hybridized carbons (Fsp3) is 0.348. The van der Waals surface area contributed by atoms with Gasteiger partial charge < -0.3 is 31.7 Å². The maximum absolute atomic E-state index is 12.6. The molecule has 2 rings (SSSR count). The standard InChI is InChI=1S/C23H31N5O4/c1-23(2,3)32-22(31)28(14-12-26-20(29)16-4-8-18(24)9-5-16)15-13-27-21(30)17-6-10-19(25)11-7-17/h4-11H,12-15,24-25H2,1-3H3,(H,26,29)(H,27,30). The van der Waals surface area contributed by atoms with E-state index >= 15 is 0 Å². The van der Waals surface area contributed by atoms with Crippen LogP contribution in [-0.4, -0.2) is 54.6 Å². The lowest BCUT2D eigenvalue weighted by Gasteiger charge is -2.27. The van der Waals surface area contributed by atoms with Crippen LogP contribution in [0.4, 0.5) is 16.2 Å². The number of nitrogens with two attached hydrogens (primary N) is 2. The molecule has 0 saturated carbocycles. The van der Waals surface area contributed by atoms with E-state index in [1.807, 2.05) is 0 Å². The summed E-state index contributed by atoms with van der Waals surface area (Å²) in [6.07, 6.45) is -0.527. The molecular weight excluding hydrogens is 410 g/mol. The normalized spacial score (nSPS) is 10.8. The largest absolute Gasteiger partial charge is 0.444 e. The van der Waals surface area contributed by atoms with Gasteiger partial charge in [0, 0.05) is 48.7 Å². The molecule has 0 fully saturated rings. The van der Waals surface area contributed by atoms with Crippen LogP contribution in [0.1, 0.15) is 41.5 Å². The molecule has 0 radical (unpaired) electrons. The lowest BCUT2D eigenvalue weighted by atomic mass is 10.2. The number of hydrogen-bond donors (Lipinski definition) is 4. The summed E-state index contributed by atoms with van der Waals surface area (Å²) in [7, 11) is 0. The van der Waals surface area contributed by atoms with Gasteiger partial charge in [-0.25, -0.2) is 4.79 Å². The van der Waals surface area contributed by atoms with Gasteiger partial charge in [-0.15, -0.1) is 0 Å². The first-order chi connectivity index (χ1) is 15.0. The maximum atomic E-state index is 12.6. The predicted molar refractivity (Wildman–Crippen MR) is 124 cm³/mol. The molecule has 0 unspecified atom stereocenters. The summed E-state index contributed by atoms with van der Waals surface area (Å²) in [6, 6.07) is 13.1. The minimum Gasteiger partial charge on any atom is -0.444 e. The molecule has 0 saturated heterocycles. The van der Waals surface area contributed by atoms with Gasteiger partial charge in [0.05, 0.1) is 0 Å². The van der Waals surface area contributed by atoms with Crippen LogP contribution in [0.15, 0.2) is 48.5 Å². The van der Waals surface area contributed by atoms with Gasteiger partial charge in [-0.05, 0) is 69.3 Å². The number of hydrogen-bond acceptors (Lipinski definition) is 6. The highest BCUT2D eigenvalue weighted by Crippen LogP contribution is 2.10. The summed E-state index contributed by atoms with van der Waals surface area (Å²) < 4.78 is 5.44. The van der Waals surface area contributed by atoms with E-state index in [0.29, 0.717) is 22.5 Å². The summed E-state index contributed by atoms with van der Waals surface area (Å²) in [5, 5.41) is 5.54. The van der Waals surface area contributed by atoms with Crippen molar-refractivity contribution >= 4 is 29.3 Å². The second-order valence-corrected chi connectivity index (χ2v) is 8.22.